The van der Waals surface area contributed by atoms with Crippen LogP contribution in [0, 0.1) is 5.41 Å². The third kappa shape index (κ3) is 5.98. The van der Waals surface area contributed by atoms with Crippen LogP contribution >= 0.6 is 0 Å². The van der Waals surface area contributed by atoms with Gasteiger partial charge in [0.2, 0.25) is 0 Å². The van der Waals surface area contributed by atoms with Crippen LogP contribution in [0.2, 0.25) is 0 Å². The number of rotatable bonds is 7. The molecule has 2 aromatic rings. The van der Waals surface area contributed by atoms with Gasteiger partial charge in [0.25, 0.3) is 15.9 Å². The Bertz CT molecular complexity index is 991. The van der Waals surface area contributed by atoms with Gasteiger partial charge in [0.1, 0.15) is 5.75 Å². The second-order valence-corrected chi connectivity index (χ2v) is 11.2. The Morgan fingerprint density at radius 1 is 1.03 bits per heavy atom. The van der Waals surface area contributed by atoms with E-state index >= 15 is 0 Å². The molecule has 2 rings (SSSR count). The highest BCUT2D eigenvalue weighted by atomic mass is 32.2. The van der Waals surface area contributed by atoms with Crippen LogP contribution < -0.4 is 14.4 Å². The van der Waals surface area contributed by atoms with E-state index in [4.69, 9.17) is 4.74 Å². The Hall–Kier alpha value is -2.54. The van der Waals surface area contributed by atoms with E-state index in [1.807, 2.05) is 13.8 Å². The van der Waals surface area contributed by atoms with E-state index in [-0.39, 0.29) is 16.2 Å². The Morgan fingerprint density at radius 3 is 2.17 bits per heavy atom. The summed E-state index contributed by atoms with van der Waals surface area (Å²) in [6, 6.07) is 12.8. The molecule has 7 heteroatoms. The van der Waals surface area contributed by atoms with Crippen molar-refractivity contribution in [2.75, 3.05) is 18.5 Å². The van der Waals surface area contributed by atoms with Crippen molar-refractivity contribution in [2.45, 2.75) is 51.5 Å². The smallest absolute Gasteiger partial charge is 0.264 e. The van der Waals surface area contributed by atoms with Gasteiger partial charge in [-0.05, 0) is 68.1 Å². The molecule has 6 nitrogen and oxygen atoms in total. The van der Waals surface area contributed by atoms with Crippen molar-refractivity contribution in [1.82, 2.24) is 5.32 Å². The van der Waals surface area contributed by atoms with Gasteiger partial charge in [0.05, 0.1) is 17.7 Å². The van der Waals surface area contributed by atoms with E-state index in [1.165, 1.54) is 23.5 Å². The zero-order valence-corrected chi connectivity index (χ0v) is 19.6. The van der Waals surface area contributed by atoms with Crippen molar-refractivity contribution in [3.63, 3.8) is 0 Å². The highest BCUT2D eigenvalue weighted by molar-refractivity contribution is 7.92. The standard InChI is InChI=1S/C23H32N2O4S/c1-22(2,3)16-23(4,5)24-21(26)17-9-8-10-20(15-17)30(27,28)25(6)18-11-13-19(29-7)14-12-18/h8-15H,16H2,1-7H3,(H,24,26). The summed E-state index contributed by atoms with van der Waals surface area (Å²) in [6.45, 7) is 10.3. The molecule has 30 heavy (non-hydrogen) atoms. The van der Waals surface area contributed by atoms with Crippen LogP contribution in [0.3, 0.4) is 0 Å². The largest absolute Gasteiger partial charge is 0.497 e. The number of amides is 1. The van der Waals surface area contributed by atoms with Crippen LogP contribution in [0.15, 0.2) is 53.4 Å². The molecule has 0 saturated carbocycles. The van der Waals surface area contributed by atoms with Gasteiger partial charge in [0, 0.05) is 18.2 Å². The van der Waals surface area contributed by atoms with Gasteiger partial charge < -0.3 is 10.1 Å². The fourth-order valence-electron chi connectivity index (χ4n) is 3.64. The van der Waals surface area contributed by atoms with E-state index in [1.54, 1.807) is 43.5 Å². The molecule has 0 spiro atoms. The van der Waals surface area contributed by atoms with Crippen molar-refractivity contribution in [1.29, 1.82) is 0 Å². The van der Waals surface area contributed by atoms with Crippen LogP contribution in [-0.4, -0.2) is 34.0 Å². The summed E-state index contributed by atoms with van der Waals surface area (Å²) in [5.74, 6) is 0.342. The number of methoxy groups -OCH3 is 1. The Balaban J connectivity index is 2.27. The van der Waals surface area contributed by atoms with E-state index in [0.717, 1.165) is 6.42 Å². The monoisotopic (exact) mass is 432 g/mol. The minimum Gasteiger partial charge on any atom is -0.497 e. The first-order chi connectivity index (χ1) is 13.7. The average Bonchev–Trinajstić information content (AvgIpc) is 2.65. The van der Waals surface area contributed by atoms with Crippen molar-refractivity contribution in [3.05, 3.63) is 54.1 Å². The Labute approximate surface area is 180 Å². The molecular formula is C23H32N2O4S. The molecular weight excluding hydrogens is 400 g/mol. The molecule has 0 aliphatic rings. The van der Waals surface area contributed by atoms with E-state index in [2.05, 4.69) is 26.1 Å². The number of anilines is 1. The first kappa shape index (κ1) is 23.7. The van der Waals surface area contributed by atoms with Crippen molar-refractivity contribution < 1.29 is 17.9 Å². The third-order valence-electron chi connectivity index (χ3n) is 4.61. The number of benzene rings is 2. The van der Waals surface area contributed by atoms with E-state index in [9.17, 15) is 13.2 Å². The summed E-state index contributed by atoms with van der Waals surface area (Å²) in [5, 5.41) is 3.02. The number of ether oxygens (including phenoxy) is 1. The lowest BCUT2D eigenvalue weighted by molar-refractivity contribution is 0.0891. The fraction of sp³-hybridized carbons (Fsp3) is 0.435. The molecule has 0 heterocycles. The van der Waals surface area contributed by atoms with Crippen LogP contribution in [-0.2, 0) is 10.0 Å². The minimum absolute atomic E-state index is 0.0447. The molecule has 0 unspecified atom stereocenters. The molecule has 0 aliphatic carbocycles. The normalized spacial score (nSPS) is 12.4. The number of nitrogens with one attached hydrogen (secondary N) is 1. The van der Waals surface area contributed by atoms with Gasteiger partial charge in [-0.1, -0.05) is 26.8 Å². The Morgan fingerprint density at radius 2 is 1.63 bits per heavy atom. The highest BCUT2D eigenvalue weighted by Crippen LogP contribution is 2.28. The van der Waals surface area contributed by atoms with Gasteiger partial charge in [-0.25, -0.2) is 8.42 Å². The summed E-state index contributed by atoms with van der Waals surface area (Å²) >= 11 is 0. The van der Waals surface area contributed by atoms with E-state index in [0.29, 0.717) is 17.0 Å². The molecule has 2 aromatic carbocycles. The predicted molar refractivity (Wildman–Crippen MR) is 121 cm³/mol. The zero-order chi connectivity index (χ0) is 22.7. The van der Waals surface area contributed by atoms with Crippen LogP contribution in [0.25, 0.3) is 0 Å². The average molecular weight is 433 g/mol. The fourth-order valence-corrected chi connectivity index (χ4v) is 4.88. The maximum absolute atomic E-state index is 13.1. The molecule has 0 saturated heterocycles. The number of carbonyl (C=O) groups is 1. The summed E-state index contributed by atoms with van der Waals surface area (Å²) in [5.41, 5.74) is 0.422. The molecule has 0 atom stereocenters. The summed E-state index contributed by atoms with van der Waals surface area (Å²) in [7, 11) is -0.795. The third-order valence-corrected chi connectivity index (χ3v) is 6.40. The lowest BCUT2D eigenvalue weighted by atomic mass is 9.81. The molecule has 164 valence electrons. The van der Waals surface area contributed by atoms with Crippen LogP contribution in [0.5, 0.6) is 5.75 Å². The summed E-state index contributed by atoms with van der Waals surface area (Å²) < 4.78 is 32.5. The second kappa shape index (κ2) is 8.68. The lowest BCUT2D eigenvalue weighted by Crippen LogP contribution is -2.45. The minimum atomic E-state index is -3.83. The molecule has 1 N–H and O–H groups in total. The number of carbonyl (C=O) groups excluding carboxylic acids is 1. The molecule has 0 fully saturated rings. The molecule has 1 amide bonds. The van der Waals surface area contributed by atoms with E-state index < -0.39 is 15.6 Å². The second-order valence-electron chi connectivity index (χ2n) is 9.27. The quantitative estimate of drug-likeness (QED) is 0.701. The molecule has 0 aromatic heterocycles. The Kier molecular flexibility index (Phi) is 6.87. The van der Waals surface area contributed by atoms with Gasteiger partial charge in [-0.2, -0.15) is 0 Å². The van der Waals surface area contributed by atoms with Gasteiger partial charge in [-0.15, -0.1) is 0 Å². The molecule has 0 radical (unpaired) electrons. The van der Waals surface area contributed by atoms with Crippen molar-refractivity contribution >= 4 is 21.6 Å². The number of hydrogen-bond acceptors (Lipinski definition) is 4. The lowest BCUT2D eigenvalue weighted by Gasteiger charge is -2.33. The van der Waals surface area contributed by atoms with Gasteiger partial charge in [0.15, 0.2) is 0 Å². The van der Waals surface area contributed by atoms with Gasteiger partial charge >= 0.3 is 0 Å². The summed E-state index contributed by atoms with van der Waals surface area (Å²) in [4.78, 5) is 12.9. The number of sulfonamides is 1. The highest BCUT2D eigenvalue weighted by Gasteiger charge is 2.28. The van der Waals surface area contributed by atoms with Crippen molar-refractivity contribution in [3.8, 4) is 5.75 Å². The molecule has 0 bridgehead atoms. The SMILES string of the molecule is COc1ccc(N(C)S(=O)(=O)c2cccc(C(=O)NC(C)(C)CC(C)(C)C)c2)cc1. The van der Waals surface area contributed by atoms with Gasteiger partial charge in [-0.3, -0.25) is 9.10 Å². The topological polar surface area (TPSA) is 75.7 Å². The van der Waals surface area contributed by atoms with Crippen LogP contribution in [0.1, 0.15) is 51.4 Å². The number of nitrogens with zero attached hydrogens (tertiary/aromatic N) is 1. The first-order valence-corrected chi connectivity index (χ1v) is 11.2. The van der Waals surface area contributed by atoms with Crippen LogP contribution in [0.4, 0.5) is 5.69 Å². The summed E-state index contributed by atoms with van der Waals surface area (Å²) in [6.07, 6.45) is 0.782. The molecule has 0 aliphatic heterocycles. The maximum Gasteiger partial charge on any atom is 0.264 e. The number of hydrogen-bond donors (Lipinski definition) is 1. The zero-order valence-electron chi connectivity index (χ0n) is 18.8. The first-order valence-electron chi connectivity index (χ1n) is 9.81. The maximum atomic E-state index is 13.1. The predicted octanol–water partition coefficient (Wildman–Crippen LogP) is 4.46. The van der Waals surface area contributed by atoms with Crippen molar-refractivity contribution in [2.24, 2.45) is 5.41 Å².